The third-order valence-electron chi connectivity index (χ3n) is 10.4. The number of benzene rings is 1. The van der Waals surface area contributed by atoms with E-state index in [0.717, 1.165) is 51.2 Å². The zero-order valence-electron chi connectivity index (χ0n) is 30.3. The molecule has 1 aliphatic carbocycles. The van der Waals surface area contributed by atoms with Gasteiger partial charge in [-0.3, -0.25) is 24.4 Å². The van der Waals surface area contributed by atoms with E-state index in [4.69, 9.17) is 19.4 Å². The largest absolute Gasteiger partial charge is 0.464 e. The summed E-state index contributed by atoms with van der Waals surface area (Å²) >= 11 is 1.44. The number of hydrazine groups is 1. The lowest BCUT2D eigenvalue weighted by molar-refractivity contribution is -0.155. The van der Waals surface area contributed by atoms with Crippen molar-refractivity contribution in [2.24, 2.45) is 17.3 Å². The van der Waals surface area contributed by atoms with E-state index < -0.39 is 29.4 Å². The van der Waals surface area contributed by atoms with Gasteiger partial charge in [-0.1, -0.05) is 19.9 Å². The van der Waals surface area contributed by atoms with Crippen LogP contribution < -0.4 is 10.7 Å². The second kappa shape index (κ2) is 14.4. The molecule has 5 atom stereocenters. The van der Waals surface area contributed by atoms with E-state index in [1.807, 2.05) is 18.4 Å². The second-order valence-corrected chi connectivity index (χ2v) is 15.8. The molecule has 1 aromatic carbocycles. The van der Waals surface area contributed by atoms with Gasteiger partial charge in [0.05, 0.1) is 52.7 Å². The molecular formula is C39H45N7O5S. The Kier molecular flexibility index (Phi) is 9.91. The quantitative estimate of drug-likeness (QED) is 0.251. The Bertz CT molecular complexity index is 2060. The van der Waals surface area contributed by atoms with Gasteiger partial charge in [0.15, 0.2) is 0 Å². The number of rotatable bonds is 6. The van der Waals surface area contributed by atoms with E-state index in [0.29, 0.717) is 37.2 Å². The van der Waals surface area contributed by atoms with E-state index in [1.54, 1.807) is 13.3 Å². The summed E-state index contributed by atoms with van der Waals surface area (Å²) < 4.78 is 14.1. The van der Waals surface area contributed by atoms with Gasteiger partial charge in [0.2, 0.25) is 5.91 Å². The van der Waals surface area contributed by atoms with Gasteiger partial charge in [0.1, 0.15) is 12.1 Å². The summed E-state index contributed by atoms with van der Waals surface area (Å²) in [7, 11) is 1.69. The number of aryl methyl sites for hydroxylation is 1. The molecule has 0 unspecified atom stereocenters. The predicted molar refractivity (Wildman–Crippen MR) is 197 cm³/mol. The highest BCUT2D eigenvalue weighted by atomic mass is 32.1. The third-order valence-corrected chi connectivity index (χ3v) is 11.3. The van der Waals surface area contributed by atoms with Crippen molar-refractivity contribution < 1.29 is 23.9 Å². The highest BCUT2D eigenvalue weighted by molar-refractivity contribution is 7.10. The summed E-state index contributed by atoms with van der Waals surface area (Å²) in [6.07, 6.45) is 3.93. The van der Waals surface area contributed by atoms with Crippen molar-refractivity contribution >= 4 is 40.0 Å². The molecule has 2 N–H and O–H groups in total. The third kappa shape index (κ3) is 6.95. The summed E-state index contributed by atoms with van der Waals surface area (Å²) in [5, 5.41) is 17.4. The Morgan fingerprint density at radius 1 is 1.29 bits per heavy atom. The number of amides is 2. The van der Waals surface area contributed by atoms with Gasteiger partial charge in [0, 0.05) is 65.6 Å². The first-order valence-electron chi connectivity index (χ1n) is 18.0. The number of esters is 1. The molecule has 6 bridgehead atoms. The summed E-state index contributed by atoms with van der Waals surface area (Å²) in [6, 6.07) is 11.0. The second-order valence-electron chi connectivity index (χ2n) is 14.8. The minimum atomic E-state index is -0.926. The molecular weight excluding hydrogens is 679 g/mol. The van der Waals surface area contributed by atoms with Gasteiger partial charge in [-0.15, -0.1) is 11.3 Å². The highest BCUT2D eigenvalue weighted by Gasteiger charge is 2.45. The zero-order chi connectivity index (χ0) is 36.7. The molecule has 0 spiro atoms. The van der Waals surface area contributed by atoms with Crippen molar-refractivity contribution in [1.29, 1.82) is 5.26 Å². The number of aromatic nitrogens is 3. The highest BCUT2D eigenvalue weighted by Crippen LogP contribution is 2.42. The molecule has 5 heterocycles. The molecule has 0 radical (unpaired) electrons. The number of hydrogen-bond acceptors (Lipinski definition) is 10. The van der Waals surface area contributed by atoms with Gasteiger partial charge >= 0.3 is 5.97 Å². The number of nitriles is 1. The van der Waals surface area contributed by atoms with Gasteiger partial charge in [-0.25, -0.2) is 10.4 Å². The topological polar surface area (TPSA) is 151 Å². The fourth-order valence-corrected chi connectivity index (χ4v) is 8.32. The van der Waals surface area contributed by atoms with E-state index in [2.05, 4.69) is 66.4 Å². The smallest absolute Gasteiger partial charge is 0.324 e. The van der Waals surface area contributed by atoms with Crippen molar-refractivity contribution in [1.82, 2.24) is 30.3 Å². The number of carbonyl (C=O) groups is 3. The van der Waals surface area contributed by atoms with Crippen LogP contribution in [0.15, 0.2) is 41.9 Å². The maximum atomic E-state index is 14.0. The molecule has 7 rings (SSSR count). The lowest BCUT2D eigenvalue weighted by Gasteiger charge is -2.35. The monoisotopic (exact) mass is 723 g/mol. The molecule has 3 aliphatic rings. The average Bonchev–Trinajstić information content (AvgIpc) is 3.71. The van der Waals surface area contributed by atoms with Crippen molar-refractivity contribution in [2.75, 3.05) is 20.3 Å². The molecule has 4 aromatic rings. The van der Waals surface area contributed by atoms with Crippen LogP contribution >= 0.6 is 11.3 Å². The van der Waals surface area contributed by atoms with E-state index in [1.165, 1.54) is 16.3 Å². The van der Waals surface area contributed by atoms with Crippen molar-refractivity contribution in [3.8, 4) is 28.6 Å². The number of cyclic esters (lactones) is 1. The molecule has 12 nitrogen and oxygen atoms in total. The number of hydrogen-bond donors (Lipinski definition) is 2. The fraction of sp³-hybridized carbons (Fsp3) is 0.487. The number of pyridine rings is 1. The van der Waals surface area contributed by atoms with E-state index >= 15 is 0 Å². The van der Waals surface area contributed by atoms with Gasteiger partial charge in [0.25, 0.3) is 5.91 Å². The van der Waals surface area contributed by atoms with Gasteiger partial charge < -0.3 is 19.4 Å². The Hall–Kier alpha value is -4.64. The summed E-state index contributed by atoms with van der Waals surface area (Å²) in [5.74, 6) is -1.86. The molecule has 2 aliphatic heterocycles. The number of nitrogens with one attached hydrogen (secondary N) is 2. The molecule has 1 saturated heterocycles. The van der Waals surface area contributed by atoms with Crippen molar-refractivity contribution in [3.63, 3.8) is 0 Å². The summed E-state index contributed by atoms with van der Waals surface area (Å²) in [6.45, 7) is 9.61. The van der Waals surface area contributed by atoms with E-state index in [9.17, 15) is 19.6 Å². The number of ether oxygens (including phenoxy) is 2. The molecule has 272 valence electrons. The van der Waals surface area contributed by atoms with Crippen LogP contribution in [-0.2, 0) is 43.2 Å². The number of thiazole rings is 1. The van der Waals surface area contributed by atoms with Crippen LogP contribution in [-0.4, -0.2) is 69.7 Å². The maximum absolute atomic E-state index is 14.0. The predicted octanol–water partition coefficient (Wildman–Crippen LogP) is 5.36. The Balaban J connectivity index is 1.35. The molecule has 13 heteroatoms. The molecule has 1 saturated carbocycles. The average molecular weight is 724 g/mol. The standard InChI is InChI=1S/C39H45N7O5S/c1-6-45-32-12-11-23-15-27(32)28(35(45)25-9-7-13-41-34(25)22(2)50-5)18-39(3,4)21-51-38(49)29-10-8-14-46(44-29)37(48)30(17-33-42-31(23)20-52-33)43-36(47)26-16-24(26)19-40/h7,9,11-13,15,20,22,24,26,29-30,44H,6,8,10,14,16-18,21H2,1-5H3,(H,43,47)/t22-,24+,26+,29-,30-/m0/s1. The lowest BCUT2D eigenvalue weighted by Crippen LogP contribution is -2.60. The number of carbonyl (C=O) groups excluding carboxylic acids is 3. The zero-order valence-corrected chi connectivity index (χ0v) is 31.1. The van der Waals surface area contributed by atoms with Crippen LogP contribution in [0.2, 0.25) is 0 Å². The van der Waals surface area contributed by atoms with Crippen LogP contribution in [0.5, 0.6) is 0 Å². The van der Waals surface area contributed by atoms with Crippen LogP contribution in [0.25, 0.3) is 33.4 Å². The molecule has 2 amide bonds. The first-order valence-corrected chi connectivity index (χ1v) is 18.9. The number of fused-ring (bicyclic) bond motifs is 6. The molecule has 2 fully saturated rings. The Labute approximate surface area is 307 Å². The summed E-state index contributed by atoms with van der Waals surface area (Å²) in [4.78, 5) is 50.5. The normalized spacial score (nSPS) is 23.7. The van der Waals surface area contributed by atoms with Crippen LogP contribution in [0.4, 0.5) is 0 Å². The summed E-state index contributed by atoms with van der Waals surface area (Å²) in [5.41, 5.74) is 9.45. The van der Waals surface area contributed by atoms with E-state index in [-0.39, 0.29) is 36.9 Å². The minimum absolute atomic E-state index is 0.167. The maximum Gasteiger partial charge on any atom is 0.324 e. The minimum Gasteiger partial charge on any atom is -0.464 e. The Morgan fingerprint density at radius 2 is 2.12 bits per heavy atom. The van der Waals surface area contributed by atoms with Crippen LogP contribution in [0, 0.1) is 28.6 Å². The molecule has 3 aromatic heterocycles. The number of nitrogens with zero attached hydrogens (tertiary/aromatic N) is 5. The Morgan fingerprint density at radius 3 is 2.87 bits per heavy atom. The number of methoxy groups -OCH3 is 1. The first-order chi connectivity index (χ1) is 25.0. The van der Waals surface area contributed by atoms with Crippen molar-refractivity contribution in [3.05, 3.63) is 58.2 Å². The van der Waals surface area contributed by atoms with Gasteiger partial charge in [-0.2, -0.15) is 5.26 Å². The lowest BCUT2D eigenvalue weighted by atomic mass is 9.84. The van der Waals surface area contributed by atoms with Crippen molar-refractivity contribution in [2.45, 2.75) is 84.5 Å². The van der Waals surface area contributed by atoms with Gasteiger partial charge in [-0.05, 0) is 69.4 Å². The fourth-order valence-electron chi connectivity index (χ4n) is 7.47. The molecule has 52 heavy (non-hydrogen) atoms. The SMILES string of the molecule is CCn1c(-c2cccnc2[C@H](C)OC)c2c3cc(ccc31)-c1csc(n1)C[C@H](NC(=O)[C@@H]1C[C@@H]1C#N)C(=O)N1CCC[C@H](N1)C(=O)OCC(C)(C)C2. The van der Waals surface area contributed by atoms with Crippen LogP contribution in [0.1, 0.15) is 69.3 Å². The van der Waals surface area contributed by atoms with Crippen LogP contribution in [0.3, 0.4) is 0 Å². The first kappa shape index (κ1) is 35.7.